The van der Waals surface area contributed by atoms with Gasteiger partial charge in [0.1, 0.15) is 15.8 Å². The fraction of sp³-hybridized carbons (Fsp3) is 0. The smallest absolute Gasteiger partial charge is 0.270 e. The average Bonchev–Trinajstić information content (AvgIpc) is 2.64. The molecule has 2 rings (SSSR count). The molecule has 1 aromatic carbocycles. The minimum Gasteiger partial charge on any atom is -0.389 e. The number of benzene rings is 1. The highest BCUT2D eigenvalue weighted by atomic mass is 127. The van der Waals surface area contributed by atoms with Gasteiger partial charge in [0.05, 0.1) is 0 Å². The quantitative estimate of drug-likeness (QED) is 0.803. The molecule has 0 saturated carbocycles. The largest absolute Gasteiger partial charge is 0.389 e. The zero-order valence-corrected chi connectivity index (χ0v) is 11.4. The minimum atomic E-state index is -0.712. The first-order valence-corrected chi connectivity index (χ1v) is 6.40. The third-order valence-corrected chi connectivity index (χ3v) is 3.63. The van der Waals surface area contributed by atoms with Crippen molar-refractivity contribution in [2.24, 2.45) is 5.73 Å². The van der Waals surface area contributed by atoms with E-state index in [1.807, 2.05) is 0 Å². The van der Waals surface area contributed by atoms with E-state index in [4.69, 9.17) is 11.5 Å². The second-order valence-electron chi connectivity index (χ2n) is 3.22. The van der Waals surface area contributed by atoms with Crippen LogP contribution in [0.15, 0.2) is 18.2 Å². The topological polar surface area (TPSA) is 82.0 Å². The Morgan fingerprint density at radius 2 is 2.18 bits per heavy atom. The second-order valence-corrected chi connectivity index (χ2v) is 5.50. The van der Waals surface area contributed by atoms with Crippen LogP contribution in [0.1, 0.15) is 10.5 Å². The van der Waals surface area contributed by atoms with E-state index in [-0.39, 0.29) is 10.7 Å². The summed E-state index contributed by atoms with van der Waals surface area (Å²) >= 11 is 3.11. The van der Waals surface area contributed by atoms with Crippen LogP contribution < -0.4 is 11.5 Å². The normalized spacial score (nSPS) is 10.5. The number of amides is 1. The molecule has 0 aliphatic heterocycles. The SMILES string of the molecule is NC(=O)c1nc(-c2cc(I)ccc2F)sc1N. The van der Waals surface area contributed by atoms with Crippen LogP contribution in [-0.2, 0) is 0 Å². The molecule has 0 aliphatic carbocycles. The number of carbonyl (C=O) groups excluding carboxylic acids is 1. The maximum Gasteiger partial charge on any atom is 0.270 e. The highest BCUT2D eigenvalue weighted by Gasteiger charge is 2.16. The van der Waals surface area contributed by atoms with Crippen LogP contribution in [0.2, 0.25) is 0 Å². The summed E-state index contributed by atoms with van der Waals surface area (Å²) in [6.45, 7) is 0. The van der Waals surface area contributed by atoms with Gasteiger partial charge in [0.25, 0.3) is 5.91 Å². The van der Waals surface area contributed by atoms with Gasteiger partial charge < -0.3 is 11.5 Å². The second kappa shape index (κ2) is 4.57. The Bertz CT molecular complexity index is 599. The van der Waals surface area contributed by atoms with E-state index in [1.165, 1.54) is 6.07 Å². The van der Waals surface area contributed by atoms with Crippen LogP contribution in [0, 0.1) is 9.39 Å². The lowest BCUT2D eigenvalue weighted by atomic mass is 10.2. The first kappa shape index (κ1) is 12.2. The molecule has 7 heteroatoms. The molecule has 0 atom stereocenters. The summed E-state index contributed by atoms with van der Waals surface area (Å²) in [4.78, 5) is 15.0. The molecule has 1 aromatic heterocycles. The molecule has 0 spiro atoms. The predicted molar refractivity (Wildman–Crippen MR) is 73.2 cm³/mol. The lowest BCUT2D eigenvalue weighted by molar-refractivity contribution is 0.0997. The molecular weight excluding hydrogens is 356 g/mol. The van der Waals surface area contributed by atoms with Crippen LogP contribution >= 0.6 is 33.9 Å². The molecule has 0 saturated heterocycles. The summed E-state index contributed by atoms with van der Waals surface area (Å²) < 4.78 is 14.5. The first-order valence-electron chi connectivity index (χ1n) is 4.50. The number of hydrogen-bond donors (Lipinski definition) is 2. The lowest BCUT2D eigenvalue weighted by Gasteiger charge is -1.99. The summed E-state index contributed by atoms with van der Waals surface area (Å²) in [7, 11) is 0. The number of anilines is 1. The number of thiazole rings is 1. The van der Waals surface area contributed by atoms with Crippen molar-refractivity contribution in [1.29, 1.82) is 0 Å². The Morgan fingerprint density at radius 3 is 2.76 bits per heavy atom. The summed E-state index contributed by atoms with van der Waals surface area (Å²) in [6, 6.07) is 4.63. The fourth-order valence-corrected chi connectivity index (χ4v) is 2.63. The predicted octanol–water partition coefficient (Wildman–Crippen LogP) is 2.23. The van der Waals surface area contributed by atoms with E-state index in [0.29, 0.717) is 10.6 Å². The van der Waals surface area contributed by atoms with E-state index in [0.717, 1.165) is 14.9 Å². The zero-order chi connectivity index (χ0) is 12.6. The molecule has 0 radical (unpaired) electrons. The van der Waals surface area contributed by atoms with Gasteiger partial charge in [0.2, 0.25) is 0 Å². The maximum atomic E-state index is 13.6. The van der Waals surface area contributed by atoms with Crippen LogP contribution in [0.3, 0.4) is 0 Å². The molecule has 0 unspecified atom stereocenters. The highest BCUT2D eigenvalue weighted by molar-refractivity contribution is 14.1. The molecule has 0 aliphatic rings. The number of primary amides is 1. The monoisotopic (exact) mass is 363 g/mol. The molecule has 4 nitrogen and oxygen atoms in total. The zero-order valence-electron chi connectivity index (χ0n) is 8.41. The molecule has 1 amide bonds. The van der Waals surface area contributed by atoms with Crippen molar-refractivity contribution in [3.05, 3.63) is 33.3 Å². The molecule has 88 valence electrons. The fourth-order valence-electron chi connectivity index (χ4n) is 1.29. The molecule has 0 bridgehead atoms. The first-order chi connectivity index (χ1) is 7.99. The Morgan fingerprint density at radius 1 is 1.47 bits per heavy atom. The summed E-state index contributed by atoms with van der Waals surface area (Å²) in [5, 5.41) is 0.554. The van der Waals surface area contributed by atoms with E-state index >= 15 is 0 Å². The third kappa shape index (κ3) is 2.39. The number of carbonyl (C=O) groups is 1. The van der Waals surface area contributed by atoms with Crippen molar-refractivity contribution >= 4 is 44.8 Å². The number of halogens is 2. The van der Waals surface area contributed by atoms with Gasteiger partial charge in [0.15, 0.2) is 5.69 Å². The standard InChI is InChI=1S/C10H7FIN3OS/c11-6-2-1-4(12)3-5(6)10-15-7(8(13)16)9(14)17-10/h1-3H,14H2,(H2,13,16). The number of nitrogen functional groups attached to an aromatic ring is 1. The van der Waals surface area contributed by atoms with Gasteiger partial charge in [-0.2, -0.15) is 0 Å². The van der Waals surface area contributed by atoms with Gasteiger partial charge in [-0.1, -0.05) is 11.3 Å². The van der Waals surface area contributed by atoms with Gasteiger partial charge >= 0.3 is 0 Å². The van der Waals surface area contributed by atoms with Crippen molar-refractivity contribution in [2.45, 2.75) is 0 Å². The van der Waals surface area contributed by atoms with Crippen molar-refractivity contribution in [3.8, 4) is 10.6 Å². The Labute approximate surface area is 114 Å². The van der Waals surface area contributed by atoms with Crippen molar-refractivity contribution in [1.82, 2.24) is 4.98 Å². The van der Waals surface area contributed by atoms with Crippen molar-refractivity contribution in [2.75, 3.05) is 5.73 Å². The molecule has 4 N–H and O–H groups in total. The maximum absolute atomic E-state index is 13.6. The van der Waals surface area contributed by atoms with Crippen molar-refractivity contribution < 1.29 is 9.18 Å². The number of nitrogens with zero attached hydrogens (tertiary/aromatic N) is 1. The van der Waals surface area contributed by atoms with E-state index in [2.05, 4.69) is 27.6 Å². The minimum absolute atomic E-state index is 0.0109. The number of nitrogens with two attached hydrogens (primary N) is 2. The van der Waals surface area contributed by atoms with Gasteiger partial charge in [-0.3, -0.25) is 4.79 Å². The number of aromatic nitrogens is 1. The molecule has 1 heterocycles. The highest BCUT2D eigenvalue weighted by Crippen LogP contribution is 2.32. The number of hydrogen-bond acceptors (Lipinski definition) is 4. The van der Waals surface area contributed by atoms with Crippen LogP contribution in [-0.4, -0.2) is 10.9 Å². The van der Waals surface area contributed by atoms with E-state index in [9.17, 15) is 9.18 Å². The van der Waals surface area contributed by atoms with Gasteiger partial charge in [0, 0.05) is 9.13 Å². The van der Waals surface area contributed by atoms with Crippen LogP contribution in [0.5, 0.6) is 0 Å². The third-order valence-electron chi connectivity index (χ3n) is 2.05. The van der Waals surface area contributed by atoms with Crippen molar-refractivity contribution in [3.63, 3.8) is 0 Å². The number of rotatable bonds is 2. The summed E-state index contributed by atoms with van der Waals surface area (Å²) in [6.07, 6.45) is 0. The average molecular weight is 363 g/mol. The Kier molecular flexibility index (Phi) is 3.29. The molecule has 17 heavy (non-hydrogen) atoms. The Hall–Kier alpha value is -1.22. The van der Waals surface area contributed by atoms with Gasteiger partial charge in [-0.05, 0) is 40.8 Å². The summed E-state index contributed by atoms with van der Waals surface area (Å²) in [5.41, 5.74) is 11.0. The molecule has 2 aromatic rings. The lowest BCUT2D eigenvalue weighted by Crippen LogP contribution is -2.13. The van der Waals surface area contributed by atoms with E-state index < -0.39 is 11.7 Å². The summed E-state index contributed by atoms with van der Waals surface area (Å²) in [5.74, 6) is -1.12. The van der Waals surface area contributed by atoms with Gasteiger partial charge in [-0.15, -0.1) is 0 Å². The molecular formula is C10H7FIN3OS. The molecule has 0 fully saturated rings. The van der Waals surface area contributed by atoms with E-state index in [1.54, 1.807) is 12.1 Å². The van der Waals surface area contributed by atoms with Crippen LogP contribution in [0.25, 0.3) is 10.6 Å². The van der Waals surface area contributed by atoms with Crippen LogP contribution in [0.4, 0.5) is 9.39 Å². The van der Waals surface area contributed by atoms with Gasteiger partial charge in [-0.25, -0.2) is 9.37 Å². The Balaban J connectivity index is 2.57.